The fraction of sp³-hybridized carbons (Fsp3) is 0.520. The summed E-state index contributed by atoms with van der Waals surface area (Å²) in [5.41, 5.74) is 9.09. The molecular formula is C25H37N5OS. The molecule has 2 N–H and O–H groups in total. The van der Waals surface area contributed by atoms with Gasteiger partial charge in [-0.05, 0) is 56.4 Å². The maximum absolute atomic E-state index is 5.73. The number of aliphatic imine (C=N–C) groups is 1. The van der Waals surface area contributed by atoms with Crippen molar-refractivity contribution in [2.75, 3.05) is 37.7 Å². The summed E-state index contributed by atoms with van der Waals surface area (Å²) in [7, 11) is 0. The van der Waals surface area contributed by atoms with E-state index >= 15 is 0 Å². The van der Waals surface area contributed by atoms with E-state index in [1.807, 2.05) is 24.3 Å². The number of hydrogen-bond acceptors (Lipinski definition) is 6. The molecule has 6 nitrogen and oxygen atoms in total. The Kier molecular flexibility index (Phi) is 8.32. The molecule has 2 heterocycles. The summed E-state index contributed by atoms with van der Waals surface area (Å²) in [4.78, 5) is 14.2. The number of rotatable bonds is 9. The van der Waals surface area contributed by atoms with Crippen LogP contribution in [0.15, 0.2) is 47.3 Å². The van der Waals surface area contributed by atoms with Crippen LogP contribution in [-0.2, 0) is 4.74 Å². The van der Waals surface area contributed by atoms with Crippen LogP contribution in [0, 0.1) is 12.8 Å². The van der Waals surface area contributed by atoms with Gasteiger partial charge in [-0.2, -0.15) is 0 Å². The maximum Gasteiger partial charge on any atom is 0.215 e. The lowest BCUT2D eigenvalue weighted by molar-refractivity contribution is 0.220. The number of aromatic nitrogens is 1. The Bertz CT molecular complexity index is 989. The molecule has 2 aromatic rings. The number of ether oxygens (including phenoxy) is 1. The van der Waals surface area contributed by atoms with E-state index in [0.717, 1.165) is 48.8 Å². The molecule has 174 valence electrons. The summed E-state index contributed by atoms with van der Waals surface area (Å²) in [5.74, 6) is 1.63. The van der Waals surface area contributed by atoms with Gasteiger partial charge in [-0.3, -0.25) is 4.90 Å². The van der Waals surface area contributed by atoms with E-state index in [1.165, 1.54) is 10.3 Å². The number of thiazole rings is 1. The topological polar surface area (TPSA) is 67.0 Å². The second-order valence-corrected chi connectivity index (χ2v) is 10.0. The van der Waals surface area contributed by atoms with Crippen molar-refractivity contribution in [1.29, 1.82) is 0 Å². The Morgan fingerprint density at radius 2 is 2.19 bits per heavy atom. The molecule has 7 heteroatoms. The second kappa shape index (κ2) is 11.0. The van der Waals surface area contributed by atoms with Gasteiger partial charge in [-0.25, -0.2) is 9.98 Å². The molecule has 0 aliphatic carbocycles. The van der Waals surface area contributed by atoms with Crippen molar-refractivity contribution in [3.05, 3.63) is 47.9 Å². The summed E-state index contributed by atoms with van der Waals surface area (Å²) in [6.45, 7) is 18.9. The van der Waals surface area contributed by atoms with E-state index in [1.54, 1.807) is 6.92 Å². The first-order chi connectivity index (χ1) is 15.2. The normalized spacial score (nSPS) is 18.6. The predicted octanol–water partition coefficient (Wildman–Crippen LogP) is 4.95. The number of amidine groups is 1. The summed E-state index contributed by atoms with van der Waals surface area (Å²) < 4.78 is 6.86. The highest BCUT2D eigenvalue weighted by Gasteiger charge is 2.29. The largest absolute Gasteiger partial charge is 0.478 e. The molecule has 1 saturated heterocycles. The average molecular weight is 456 g/mol. The average Bonchev–Trinajstić information content (AvgIpc) is 3.10. The number of piperazine rings is 1. The van der Waals surface area contributed by atoms with Gasteiger partial charge >= 0.3 is 0 Å². The van der Waals surface area contributed by atoms with E-state index in [4.69, 9.17) is 15.5 Å². The van der Waals surface area contributed by atoms with Gasteiger partial charge in [-0.15, -0.1) is 0 Å². The first-order valence-electron chi connectivity index (χ1n) is 11.4. The molecule has 1 aliphatic rings. The highest BCUT2D eigenvalue weighted by atomic mass is 32.1. The van der Waals surface area contributed by atoms with E-state index in [0.29, 0.717) is 30.3 Å². The van der Waals surface area contributed by atoms with Crippen molar-refractivity contribution >= 4 is 32.5 Å². The SMILES string of the molecule is C=C(/C=C(\N=C(\C)N)OCC)CN1CCN(c2nc3ccc(C)cc3s2)[C@H](CC(C)C)C1. The molecule has 0 amide bonds. The van der Waals surface area contributed by atoms with E-state index in [2.05, 4.69) is 60.3 Å². The van der Waals surface area contributed by atoms with Crippen LogP contribution in [0.3, 0.4) is 0 Å². The fourth-order valence-electron chi connectivity index (χ4n) is 4.14. The first kappa shape index (κ1) is 24.3. The van der Waals surface area contributed by atoms with E-state index < -0.39 is 0 Å². The third-order valence-electron chi connectivity index (χ3n) is 5.42. The molecule has 1 aliphatic heterocycles. The van der Waals surface area contributed by atoms with Crippen LogP contribution in [0.4, 0.5) is 5.13 Å². The minimum Gasteiger partial charge on any atom is -0.478 e. The predicted molar refractivity (Wildman–Crippen MR) is 138 cm³/mol. The summed E-state index contributed by atoms with van der Waals surface area (Å²) in [6.07, 6.45) is 3.04. The van der Waals surface area contributed by atoms with Crippen LogP contribution in [-0.4, -0.2) is 54.5 Å². The lowest BCUT2D eigenvalue weighted by Crippen LogP contribution is -2.54. The lowest BCUT2D eigenvalue weighted by atomic mass is 10.00. The third kappa shape index (κ3) is 6.56. The zero-order valence-electron chi connectivity index (χ0n) is 20.1. The van der Waals surface area contributed by atoms with E-state index in [9.17, 15) is 0 Å². The number of aryl methyl sites for hydroxylation is 1. The Hall–Kier alpha value is -2.38. The zero-order valence-corrected chi connectivity index (χ0v) is 20.9. The molecule has 1 atom stereocenters. The Morgan fingerprint density at radius 1 is 1.41 bits per heavy atom. The highest BCUT2D eigenvalue weighted by molar-refractivity contribution is 7.22. The minimum absolute atomic E-state index is 0.429. The lowest BCUT2D eigenvalue weighted by Gasteiger charge is -2.42. The summed E-state index contributed by atoms with van der Waals surface area (Å²) in [6, 6.07) is 6.94. The van der Waals surface area contributed by atoms with Gasteiger partial charge in [0.05, 0.1) is 22.7 Å². The second-order valence-electron chi connectivity index (χ2n) is 9.01. The molecule has 0 radical (unpaired) electrons. The van der Waals surface area contributed by atoms with Crippen molar-refractivity contribution in [3.63, 3.8) is 0 Å². The van der Waals surface area contributed by atoms with Crippen LogP contribution in [0.2, 0.25) is 0 Å². The molecule has 0 spiro atoms. The number of nitrogens with zero attached hydrogens (tertiary/aromatic N) is 4. The van der Waals surface area contributed by atoms with Crippen molar-refractivity contribution < 1.29 is 4.74 Å². The monoisotopic (exact) mass is 455 g/mol. The molecule has 3 rings (SSSR count). The van der Waals surface area contributed by atoms with Gasteiger partial charge < -0.3 is 15.4 Å². The molecule has 0 bridgehead atoms. The molecule has 32 heavy (non-hydrogen) atoms. The summed E-state index contributed by atoms with van der Waals surface area (Å²) in [5, 5.41) is 1.14. The standard InChI is InChI=1S/C25H37N5OS/c1-7-31-24(27-20(6)26)14-19(5)15-29-10-11-30(21(16-29)12-17(2)3)25-28-22-9-8-18(4)13-23(22)32-25/h8-9,13-14,17,21H,5,7,10-12,15-16H2,1-4,6H3,(H2,26,27)/b24-14+/t21-/m1/s1. The molecule has 0 saturated carbocycles. The van der Waals surface area contributed by atoms with Crippen LogP contribution in [0.1, 0.15) is 39.7 Å². The Labute approximate surface area is 196 Å². The maximum atomic E-state index is 5.73. The number of nitrogens with two attached hydrogens (primary N) is 1. The molecule has 1 aromatic carbocycles. The Morgan fingerprint density at radius 3 is 2.88 bits per heavy atom. The quantitative estimate of drug-likeness (QED) is 0.251. The van der Waals surface area contributed by atoms with Crippen molar-refractivity contribution in [3.8, 4) is 0 Å². The number of benzene rings is 1. The summed E-state index contributed by atoms with van der Waals surface area (Å²) >= 11 is 1.81. The molecular weight excluding hydrogens is 418 g/mol. The Balaban J connectivity index is 1.73. The van der Waals surface area contributed by atoms with E-state index in [-0.39, 0.29) is 0 Å². The number of fused-ring (bicyclic) bond motifs is 1. The van der Waals surface area contributed by atoms with Crippen molar-refractivity contribution in [2.24, 2.45) is 16.6 Å². The fourth-order valence-corrected chi connectivity index (χ4v) is 5.30. The number of anilines is 1. The van der Waals surface area contributed by atoms with Gasteiger partial charge in [0.1, 0.15) is 0 Å². The third-order valence-corrected chi connectivity index (χ3v) is 6.48. The van der Waals surface area contributed by atoms with Crippen LogP contribution < -0.4 is 10.6 Å². The van der Waals surface area contributed by atoms with Gasteiger partial charge in [0.15, 0.2) is 5.13 Å². The van der Waals surface area contributed by atoms with Gasteiger partial charge in [-0.1, -0.05) is 37.8 Å². The highest BCUT2D eigenvalue weighted by Crippen LogP contribution is 2.33. The zero-order chi connectivity index (χ0) is 23.3. The van der Waals surface area contributed by atoms with Crippen LogP contribution in [0.5, 0.6) is 0 Å². The van der Waals surface area contributed by atoms with Gasteiger partial charge in [0.25, 0.3) is 0 Å². The van der Waals surface area contributed by atoms with Gasteiger partial charge in [0, 0.05) is 38.3 Å². The molecule has 0 unspecified atom stereocenters. The van der Waals surface area contributed by atoms with Gasteiger partial charge in [0.2, 0.25) is 5.88 Å². The van der Waals surface area contributed by atoms with Crippen LogP contribution >= 0.6 is 11.3 Å². The van der Waals surface area contributed by atoms with Crippen molar-refractivity contribution in [1.82, 2.24) is 9.88 Å². The smallest absolute Gasteiger partial charge is 0.215 e. The van der Waals surface area contributed by atoms with Crippen molar-refractivity contribution in [2.45, 2.75) is 47.1 Å². The number of hydrogen-bond donors (Lipinski definition) is 1. The first-order valence-corrected chi connectivity index (χ1v) is 12.3. The molecule has 1 aromatic heterocycles. The minimum atomic E-state index is 0.429. The molecule has 1 fully saturated rings. The van der Waals surface area contributed by atoms with Crippen LogP contribution in [0.25, 0.3) is 10.2 Å².